The SMILES string of the molecule is O=C(NCCOc1ccc(Cl)cc1)c1ccc2n[nH]c(=S)n2c1. The van der Waals surface area contributed by atoms with E-state index in [1.54, 1.807) is 47.0 Å². The molecule has 3 rings (SSSR count). The van der Waals surface area contributed by atoms with Gasteiger partial charge in [0, 0.05) is 11.2 Å². The van der Waals surface area contributed by atoms with Crippen LogP contribution in [-0.4, -0.2) is 33.7 Å². The molecule has 0 fully saturated rings. The molecule has 2 N–H and O–H groups in total. The van der Waals surface area contributed by atoms with Gasteiger partial charge in [-0.25, -0.2) is 0 Å². The second kappa shape index (κ2) is 6.80. The van der Waals surface area contributed by atoms with E-state index in [0.29, 0.717) is 39.9 Å². The minimum Gasteiger partial charge on any atom is -0.492 e. The van der Waals surface area contributed by atoms with Crippen LogP contribution in [0.1, 0.15) is 10.4 Å². The van der Waals surface area contributed by atoms with Crippen molar-refractivity contribution < 1.29 is 9.53 Å². The lowest BCUT2D eigenvalue weighted by Gasteiger charge is -2.08. The van der Waals surface area contributed by atoms with Gasteiger partial charge in [-0.15, -0.1) is 0 Å². The Labute approximate surface area is 142 Å². The van der Waals surface area contributed by atoms with Gasteiger partial charge in [0.1, 0.15) is 12.4 Å². The summed E-state index contributed by atoms with van der Waals surface area (Å²) in [5, 5.41) is 10.1. The molecule has 2 heterocycles. The predicted molar refractivity (Wildman–Crippen MR) is 89.7 cm³/mol. The van der Waals surface area contributed by atoms with Gasteiger partial charge >= 0.3 is 0 Å². The molecule has 1 amide bonds. The fraction of sp³-hybridized carbons (Fsp3) is 0.133. The lowest BCUT2D eigenvalue weighted by Crippen LogP contribution is -2.28. The number of amides is 1. The Kier molecular flexibility index (Phi) is 4.59. The second-order valence-electron chi connectivity index (χ2n) is 4.73. The fourth-order valence-corrected chi connectivity index (χ4v) is 2.32. The molecule has 0 radical (unpaired) electrons. The van der Waals surface area contributed by atoms with E-state index in [2.05, 4.69) is 15.5 Å². The Bertz CT molecular complexity index is 888. The van der Waals surface area contributed by atoms with Crippen molar-refractivity contribution in [2.75, 3.05) is 13.2 Å². The first-order valence-corrected chi connectivity index (χ1v) is 7.65. The highest BCUT2D eigenvalue weighted by Gasteiger charge is 2.07. The minimum absolute atomic E-state index is 0.199. The zero-order chi connectivity index (χ0) is 16.2. The number of pyridine rings is 1. The molecule has 0 aliphatic carbocycles. The van der Waals surface area contributed by atoms with E-state index >= 15 is 0 Å². The highest BCUT2D eigenvalue weighted by atomic mass is 35.5. The molecule has 0 spiro atoms. The van der Waals surface area contributed by atoms with Crippen LogP contribution >= 0.6 is 23.8 Å². The number of aromatic amines is 1. The van der Waals surface area contributed by atoms with Crippen molar-refractivity contribution in [3.63, 3.8) is 0 Å². The molecule has 0 saturated heterocycles. The maximum Gasteiger partial charge on any atom is 0.252 e. The minimum atomic E-state index is -0.199. The van der Waals surface area contributed by atoms with Gasteiger partial charge in [0.15, 0.2) is 10.4 Å². The normalized spacial score (nSPS) is 10.7. The van der Waals surface area contributed by atoms with E-state index in [1.807, 2.05) is 0 Å². The van der Waals surface area contributed by atoms with Gasteiger partial charge in [-0.1, -0.05) is 11.6 Å². The molecular formula is C15H13ClN4O2S. The first kappa shape index (κ1) is 15.5. The molecule has 23 heavy (non-hydrogen) atoms. The third-order valence-corrected chi connectivity index (χ3v) is 3.68. The van der Waals surface area contributed by atoms with Crippen molar-refractivity contribution in [3.05, 3.63) is 58.0 Å². The van der Waals surface area contributed by atoms with Gasteiger partial charge in [-0.2, -0.15) is 5.10 Å². The van der Waals surface area contributed by atoms with Crippen molar-refractivity contribution in [2.24, 2.45) is 0 Å². The van der Waals surface area contributed by atoms with Crippen molar-refractivity contribution >= 4 is 35.4 Å². The average molecular weight is 349 g/mol. The summed E-state index contributed by atoms with van der Waals surface area (Å²) >= 11 is 10.9. The van der Waals surface area contributed by atoms with Crippen molar-refractivity contribution in [2.45, 2.75) is 0 Å². The van der Waals surface area contributed by atoms with Crippen LogP contribution in [0.25, 0.3) is 5.65 Å². The molecule has 6 nitrogen and oxygen atoms in total. The highest BCUT2D eigenvalue weighted by Crippen LogP contribution is 2.15. The van der Waals surface area contributed by atoms with E-state index in [9.17, 15) is 4.79 Å². The van der Waals surface area contributed by atoms with Crippen LogP contribution in [-0.2, 0) is 0 Å². The molecule has 0 atom stereocenters. The molecule has 0 unspecified atom stereocenters. The molecule has 2 aromatic heterocycles. The fourth-order valence-electron chi connectivity index (χ4n) is 2.01. The zero-order valence-corrected chi connectivity index (χ0v) is 13.5. The molecule has 0 saturated carbocycles. The summed E-state index contributed by atoms with van der Waals surface area (Å²) < 4.78 is 7.61. The third kappa shape index (κ3) is 3.69. The zero-order valence-electron chi connectivity index (χ0n) is 12.0. The third-order valence-electron chi connectivity index (χ3n) is 3.14. The largest absolute Gasteiger partial charge is 0.492 e. The van der Waals surface area contributed by atoms with E-state index in [4.69, 9.17) is 28.6 Å². The standard InChI is InChI=1S/C15H13ClN4O2S/c16-11-2-4-12(5-3-11)22-8-7-17-14(21)10-1-6-13-18-19-15(23)20(13)9-10/h1-6,9H,7-8H2,(H,17,21)(H,19,23). The van der Waals surface area contributed by atoms with Crippen LogP contribution < -0.4 is 10.1 Å². The molecule has 0 bridgehead atoms. The maximum atomic E-state index is 12.1. The number of nitrogens with one attached hydrogen (secondary N) is 2. The van der Waals surface area contributed by atoms with Gasteiger partial charge < -0.3 is 10.1 Å². The number of halogens is 1. The summed E-state index contributed by atoms with van der Waals surface area (Å²) in [4.78, 5) is 12.1. The summed E-state index contributed by atoms with van der Waals surface area (Å²) in [5.74, 6) is 0.504. The summed E-state index contributed by atoms with van der Waals surface area (Å²) in [6, 6.07) is 10.5. The quantitative estimate of drug-likeness (QED) is 0.549. The maximum absolute atomic E-state index is 12.1. The molecule has 8 heteroatoms. The number of hydrogen-bond donors (Lipinski definition) is 2. The first-order valence-electron chi connectivity index (χ1n) is 6.87. The van der Waals surface area contributed by atoms with Crippen molar-refractivity contribution in [1.82, 2.24) is 19.9 Å². The number of nitrogens with zero attached hydrogens (tertiary/aromatic N) is 2. The van der Waals surface area contributed by atoms with Crippen LogP contribution in [0.15, 0.2) is 42.6 Å². The van der Waals surface area contributed by atoms with E-state index in [0.717, 1.165) is 0 Å². The predicted octanol–water partition coefficient (Wildman–Crippen LogP) is 2.85. The van der Waals surface area contributed by atoms with Gasteiger partial charge in [0.25, 0.3) is 5.91 Å². The molecule has 118 valence electrons. The second-order valence-corrected chi connectivity index (χ2v) is 5.56. The number of ether oxygens (including phenoxy) is 1. The average Bonchev–Trinajstić information content (AvgIpc) is 2.94. The number of aromatic nitrogens is 3. The number of benzene rings is 1. The van der Waals surface area contributed by atoms with E-state index < -0.39 is 0 Å². The van der Waals surface area contributed by atoms with Crippen LogP contribution in [0.2, 0.25) is 5.02 Å². The first-order chi connectivity index (χ1) is 11.1. The Morgan fingerprint density at radius 3 is 2.87 bits per heavy atom. The van der Waals surface area contributed by atoms with Gasteiger partial charge in [-0.3, -0.25) is 14.3 Å². The number of H-pyrrole nitrogens is 1. The van der Waals surface area contributed by atoms with Crippen molar-refractivity contribution in [1.29, 1.82) is 0 Å². The van der Waals surface area contributed by atoms with Crippen LogP contribution in [0.3, 0.4) is 0 Å². The molecule has 1 aromatic carbocycles. The number of carbonyl (C=O) groups is 1. The van der Waals surface area contributed by atoms with Crippen LogP contribution in [0, 0.1) is 4.77 Å². The van der Waals surface area contributed by atoms with E-state index in [1.165, 1.54) is 0 Å². The Morgan fingerprint density at radius 1 is 1.30 bits per heavy atom. The van der Waals surface area contributed by atoms with Crippen LogP contribution in [0.5, 0.6) is 5.75 Å². The number of hydrogen-bond acceptors (Lipinski definition) is 4. The molecule has 0 aliphatic heterocycles. The Balaban J connectivity index is 1.55. The number of rotatable bonds is 5. The van der Waals surface area contributed by atoms with E-state index in [-0.39, 0.29) is 5.91 Å². The van der Waals surface area contributed by atoms with Crippen molar-refractivity contribution in [3.8, 4) is 5.75 Å². The van der Waals surface area contributed by atoms with Gasteiger partial charge in [0.05, 0.1) is 12.1 Å². The molecular weight excluding hydrogens is 336 g/mol. The van der Waals surface area contributed by atoms with Crippen LogP contribution in [0.4, 0.5) is 0 Å². The Hall–Kier alpha value is -2.38. The summed E-state index contributed by atoms with van der Waals surface area (Å²) in [5.41, 5.74) is 1.17. The lowest BCUT2D eigenvalue weighted by atomic mass is 10.2. The molecule has 0 aliphatic rings. The van der Waals surface area contributed by atoms with Gasteiger partial charge in [0.2, 0.25) is 0 Å². The Morgan fingerprint density at radius 2 is 2.09 bits per heavy atom. The summed E-state index contributed by atoms with van der Waals surface area (Å²) in [6.07, 6.45) is 1.65. The highest BCUT2D eigenvalue weighted by molar-refractivity contribution is 7.71. The smallest absolute Gasteiger partial charge is 0.252 e. The summed E-state index contributed by atoms with van der Waals surface area (Å²) in [7, 11) is 0. The lowest BCUT2D eigenvalue weighted by molar-refractivity contribution is 0.0946. The number of fused-ring (bicyclic) bond motifs is 1. The van der Waals surface area contributed by atoms with Gasteiger partial charge in [-0.05, 0) is 48.6 Å². The summed E-state index contributed by atoms with van der Waals surface area (Å²) in [6.45, 7) is 0.747. The number of carbonyl (C=O) groups excluding carboxylic acids is 1. The monoisotopic (exact) mass is 348 g/mol. The molecule has 3 aromatic rings. The topological polar surface area (TPSA) is 71.4 Å².